The SMILES string of the molecule is O=c1c(-c2ccc(O)cc2)coc2cc(O[C@@H]3O[C@H](CO)[C@@H](O)[C@@H](O)[C@@H]3O)ccc12. The zero-order valence-corrected chi connectivity index (χ0v) is 15.6. The van der Waals surface area contributed by atoms with Crippen molar-refractivity contribution in [3.05, 3.63) is 59.0 Å². The highest BCUT2D eigenvalue weighted by Crippen LogP contribution is 2.27. The second kappa shape index (κ2) is 8.05. The number of hydrogen-bond acceptors (Lipinski definition) is 9. The van der Waals surface area contributed by atoms with Gasteiger partial charge in [0.2, 0.25) is 6.29 Å². The summed E-state index contributed by atoms with van der Waals surface area (Å²) in [6.45, 7) is -0.572. The normalized spacial score (nSPS) is 26.6. The second-order valence-corrected chi connectivity index (χ2v) is 7.00. The van der Waals surface area contributed by atoms with Crippen LogP contribution in [0.4, 0.5) is 0 Å². The highest BCUT2D eigenvalue weighted by molar-refractivity contribution is 5.82. The first-order chi connectivity index (χ1) is 14.4. The second-order valence-electron chi connectivity index (χ2n) is 7.00. The molecule has 2 heterocycles. The van der Waals surface area contributed by atoms with Gasteiger partial charge >= 0.3 is 0 Å². The molecule has 2 aromatic carbocycles. The smallest absolute Gasteiger partial charge is 0.229 e. The lowest BCUT2D eigenvalue weighted by Gasteiger charge is -2.39. The van der Waals surface area contributed by atoms with E-state index in [4.69, 9.17) is 13.9 Å². The number of rotatable bonds is 4. The zero-order chi connectivity index (χ0) is 21.4. The van der Waals surface area contributed by atoms with Crippen LogP contribution in [-0.2, 0) is 4.74 Å². The summed E-state index contributed by atoms with van der Waals surface area (Å²) in [7, 11) is 0. The molecule has 0 aliphatic carbocycles. The molecule has 0 saturated carbocycles. The first-order valence-corrected chi connectivity index (χ1v) is 9.21. The Balaban J connectivity index is 1.62. The number of ether oxygens (including phenoxy) is 2. The molecule has 0 amide bonds. The van der Waals surface area contributed by atoms with E-state index in [9.17, 15) is 30.3 Å². The molecule has 4 rings (SSSR count). The summed E-state index contributed by atoms with van der Waals surface area (Å²) in [5.74, 6) is 0.270. The molecule has 30 heavy (non-hydrogen) atoms. The van der Waals surface area contributed by atoms with Gasteiger partial charge in [-0.3, -0.25) is 4.79 Å². The van der Waals surface area contributed by atoms with Gasteiger partial charge in [0, 0.05) is 6.07 Å². The van der Waals surface area contributed by atoms with Crippen molar-refractivity contribution in [3.8, 4) is 22.6 Å². The minimum absolute atomic E-state index is 0.0823. The summed E-state index contributed by atoms with van der Waals surface area (Å²) in [6, 6.07) is 10.5. The van der Waals surface area contributed by atoms with Crippen LogP contribution in [0, 0.1) is 0 Å². The van der Waals surface area contributed by atoms with Crippen LogP contribution >= 0.6 is 0 Å². The minimum Gasteiger partial charge on any atom is -0.508 e. The Labute approximate surface area is 170 Å². The summed E-state index contributed by atoms with van der Waals surface area (Å²) >= 11 is 0. The summed E-state index contributed by atoms with van der Waals surface area (Å²) in [5, 5.41) is 48.7. The number of hydrogen-bond donors (Lipinski definition) is 5. The topological polar surface area (TPSA) is 150 Å². The van der Waals surface area contributed by atoms with Crippen LogP contribution in [0.1, 0.15) is 0 Å². The van der Waals surface area contributed by atoms with Crippen LogP contribution in [-0.4, -0.2) is 62.8 Å². The molecule has 9 heteroatoms. The lowest BCUT2D eigenvalue weighted by Crippen LogP contribution is -2.60. The number of fused-ring (bicyclic) bond motifs is 1. The molecule has 5 N–H and O–H groups in total. The van der Waals surface area contributed by atoms with Crippen molar-refractivity contribution in [2.75, 3.05) is 6.61 Å². The van der Waals surface area contributed by atoms with E-state index in [0.29, 0.717) is 16.5 Å². The molecule has 5 atom stereocenters. The van der Waals surface area contributed by atoms with Crippen LogP contribution in [0.25, 0.3) is 22.1 Å². The number of benzene rings is 2. The molecular formula is C21H20O9. The van der Waals surface area contributed by atoms with Gasteiger partial charge in [0.05, 0.1) is 17.6 Å². The fourth-order valence-electron chi connectivity index (χ4n) is 3.32. The van der Waals surface area contributed by atoms with Gasteiger partial charge in [0.1, 0.15) is 47.8 Å². The Hall–Kier alpha value is -2.95. The van der Waals surface area contributed by atoms with Crippen LogP contribution < -0.4 is 10.2 Å². The Morgan fingerprint density at radius 3 is 2.40 bits per heavy atom. The van der Waals surface area contributed by atoms with Crippen LogP contribution in [0.2, 0.25) is 0 Å². The predicted octanol–water partition coefficient (Wildman–Crippen LogP) is 0.344. The standard InChI is InChI=1S/C21H20O9/c22-8-16-18(25)19(26)20(27)21(30-16)29-12-5-6-13-15(7-12)28-9-14(17(13)24)10-1-3-11(23)4-2-10/h1-7,9,16,18-23,25-27H,8H2/t16-,18-,19-,20+,21-/m1/s1. The minimum atomic E-state index is -1.56. The molecular weight excluding hydrogens is 396 g/mol. The van der Waals surface area contributed by atoms with Gasteiger partial charge in [-0.05, 0) is 29.8 Å². The quantitative estimate of drug-likeness (QED) is 0.406. The lowest BCUT2D eigenvalue weighted by molar-refractivity contribution is -0.277. The maximum absolute atomic E-state index is 12.8. The van der Waals surface area contributed by atoms with Crippen molar-refractivity contribution in [1.82, 2.24) is 0 Å². The Bertz CT molecular complexity index is 1090. The number of aliphatic hydroxyl groups is 4. The molecule has 3 aromatic rings. The summed E-state index contributed by atoms with van der Waals surface area (Å²) in [5.41, 5.74) is 0.862. The van der Waals surface area contributed by atoms with Crippen LogP contribution in [0.5, 0.6) is 11.5 Å². The van der Waals surface area contributed by atoms with E-state index in [1.165, 1.54) is 36.6 Å². The molecule has 9 nitrogen and oxygen atoms in total. The Kier molecular flexibility index (Phi) is 5.46. The van der Waals surface area contributed by atoms with E-state index in [1.807, 2.05) is 0 Å². The van der Waals surface area contributed by atoms with E-state index < -0.39 is 37.3 Å². The summed E-state index contributed by atoms with van der Waals surface area (Å²) < 4.78 is 16.4. The average molecular weight is 416 g/mol. The molecule has 1 fully saturated rings. The van der Waals surface area contributed by atoms with E-state index in [-0.39, 0.29) is 22.5 Å². The van der Waals surface area contributed by atoms with E-state index in [2.05, 4.69) is 0 Å². The number of phenolic OH excluding ortho intramolecular Hbond substituents is 1. The molecule has 0 radical (unpaired) electrons. The van der Waals surface area contributed by atoms with Crippen LogP contribution in [0.15, 0.2) is 57.9 Å². The van der Waals surface area contributed by atoms with Crippen molar-refractivity contribution in [1.29, 1.82) is 0 Å². The van der Waals surface area contributed by atoms with Gasteiger partial charge < -0.3 is 39.4 Å². The third-order valence-electron chi connectivity index (χ3n) is 5.03. The van der Waals surface area contributed by atoms with E-state index >= 15 is 0 Å². The first kappa shape index (κ1) is 20.3. The fraction of sp³-hybridized carbons (Fsp3) is 0.286. The molecule has 1 aliphatic heterocycles. The van der Waals surface area contributed by atoms with Crippen LogP contribution in [0.3, 0.4) is 0 Å². The number of aromatic hydroxyl groups is 1. The molecule has 158 valence electrons. The molecule has 0 spiro atoms. The molecule has 0 unspecified atom stereocenters. The van der Waals surface area contributed by atoms with Crippen molar-refractivity contribution in [2.24, 2.45) is 0 Å². The third-order valence-corrected chi connectivity index (χ3v) is 5.03. The van der Waals surface area contributed by atoms with Crippen molar-refractivity contribution < 1.29 is 39.4 Å². The van der Waals surface area contributed by atoms with Gasteiger partial charge in [-0.15, -0.1) is 0 Å². The maximum atomic E-state index is 12.8. The first-order valence-electron chi connectivity index (χ1n) is 9.21. The molecule has 1 aromatic heterocycles. The molecule has 1 saturated heterocycles. The van der Waals surface area contributed by atoms with Gasteiger partial charge in [0.15, 0.2) is 5.43 Å². The molecule has 0 bridgehead atoms. The van der Waals surface area contributed by atoms with Gasteiger partial charge in [-0.2, -0.15) is 0 Å². The van der Waals surface area contributed by atoms with Crippen molar-refractivity contribution in [2.45, 2.75) is 30.7 Å². The largest absolute Gasteiger partial charge is 0.508 e. The van der Waals surface area contributed by atoms with Gasteiger partial charge in [0.25, 0.3) is 0 Å². The predicted molar refractivity (Wildman–Crippen MR) is 104 cm³/mol. The average Bonchev–Trinajstić information content (AvgIpc) is 2.75. The highest BCUT2D eigenvalue weighted by Gasteiger charge is 2.44. The van der Waals surface area contributed by atoms with Gasteiger partial charge in [-0.25, -0.2) is 0 Å². The molecule has 1 aliphatic rings. The third kappa shape index (κ3) is 3.64. The van der Waals surface area contributed by atoms with Gasteiger partial charge in [-0.1, -0.05) is 12.1 Å². The lowest BCUT2D eigenvalue weighted by atomic mass is 9.99. The highest BCUT2D eigenvalue weighted by atomic mass is 16.7. The summed E-state index contributed by atoms with van der Waals surface area (Å²) in [4.78, 5) is 12.8. The maximum Gasteiger partial charge on any atom is 0.229 e. The number of aliphatic hydroxyl groups excluding tert-OH is 4. The Morgan fingerprint density at radius 2 is 1.70 bits per heavy atom. The van der Waals surface area contributed by atoms with E-state index in [1.54, 1.807) is 12.1 Å². The Morgan fingerprint density at radius 1 is 0.967 bits per heavy atom. The number of phenols is 1. The zero-order valence-electron chi connectivity index (χ0n) is 15.6. The van der Waals surface area contributed by atoms with Crippen molar-refractivity contribution in [3.63, 3.8) is 0 Å². The monoisotopic (exact) mass is 416 g/mol. The van der Waals surface area contributed by atoms with Crippen molar-refractivity contribution >= 4 is 11.0 Å². The van der Waals surface area contributed by atoms with E-state index in [0.717, 1.165) is 0 Å². The fourth-order valence-corrected chi connectivity index (χ4v) is 3.32. The summed E-state index contributed by atoms with van der Waals surface area (Å²) in [6.07, 6.45) is -5.75.